The Morgan fingerprint density at radius 1 is 1.27 bits per heavy atom. The maximum atomic E-state index is 6.14. The van der Waals surface area contributed by atoms with E-state index in [0.29, 0.717) is 5.84 Å². The van der Waals surface area contributed by atoms with Crippen LogP contribution in [0.1, 0.15) is 25.1 Å². The number of rotatable bonds is 6. The Labute approximate surface area is 131 Å². The van der Waals surface area contributed by atoms with Crippen LogP contribution in [0.3, 0.4) is 0 Å². The fourth-order valence-corrected chi connectivity index (χ4v) is 2.44. The summed E-state index contributed by atoms with van der Waals surface area (Å²) in [6.45, 7) is 2.60. The second kappa shape index (κ2) is 7.20. The molecule has 2 rings (SSSR count). The van der Waals surface area contributed by atoms with Crippen LogP contribution in [0, 0.1) is 0 Å². The smallest absolute Gasteiger partial charge is 0.118 e. The van der Waals surface area contributed by atoms with Crippen molar-refractivity contribution in [3.63, 3.8) is 0 Å². The van der Waals surface area contributed by atoms with Gasteiger partial charge in [0.25, 0.3) is 0 Å². The summed E-state index contributed by atoms with van der Waals surface area (Å²) in [7, 11) is 4.07. The zero-order valence-electron chi connectivity index (χ0n) is 13.4. The molecule has 0 saturated carbocycles. The molecule has 22 heavy (non-hydrogen) atoms. The summed E-state index contributed by atoms with van der Waals surface area (Å²) >= 11 is 0. The van der Waals surface area contributed by atoms with E-state index in [9.17, 15) is 0 Å². The number of hydrogen-bond acceptors (Lipinski definition) is 5. The molecule has 4 N–H and O–H groups in total. The average Bonchev–Trinajstić information content (AvgIpc) is 2.46. The minimum absolute atomic E-state index is 0.132. The maximum absolute atomic E-state index is 6.14. The van der Waals surface area contributed by atoms with Crippen LogP contribution < -0.4 is 11.6 Å². The van der Waals surface area contributed by atoms with Crippen LogP contribution in [-0.4, -0.2) is 41.5 Å². The number of nitrogens with zero attached hydrogens (tertiary/aromatic N) is 4. The number of pyridine rings is 1. The summed E-state index contributed by atoms with van der Waals surface area (Å²) in [4.78, 5) is 6.68. The van der Waals surface area contributed by atoms with Gasteiger partial charge in [0.1, 0.15) is 11.9 Å². The molecular weight excluding hydrogens is 276 g/mol. The molecular formula is C16H24N6. The highest BCUT2D eigenvalue weighted by molar-refractivity contribution is 5.84. The van der Waals surface area contributed by atoms with Crippen LogP contribution >= 0.6 is 0 Å². The van der Waals surface area contributed by atoms with Crippen molar-refractivity contribution in [3.8, 4) is 0 Å². The van der Waals surface area contributed by atoms with E-state index in [4.69, 9.17) is 11.6 Å². The monoisotopic (exact) mass is 300 g/mol. The van der Waals surface area contributed by atoms with E-state index in [1.54, 1.807) is 6.92 Å². The summed E-state index contributed by atoms with van der Waals surface area (Å²) < 4.78 is 0. The Morgan fingerprint density at radius 2 is 2.00 bits per heavy atom. The normalized spacial score (nSPS) is 13.6. The van der Waals surface area contributed by atoms with Gasteiger partial charge in [-0.05, 0) is 45.4 Å². The second-order valence-corrected chi connectivity index (χ2v) is 5.65. The highest BCUT2D eigenvalue weighted by atomic mass is 15.6. The molecule has 0 saturated heterocycles. The minimum Gasteiger partial charge on any atom is -0.386 e. The fraction of sp³-hybridized carbons (Fsp3) is 0.375. The van der Waals surface area contributed by atoms with Gasteiger partial charge >= 0.3 is 0 Å². The number of hydrogen-bond donors (Lipinski definition) is 2. The van der Waals surface area contributed by atoms with Crippen molar-refractivity contribution in [1.82, 2.24) is 15.0 Å². The SMILES string of the molecule is C/C(N)=N/N(N)C(CCN(C)C)c1nccc2ccccc12. The van der Waals surface area contributed by atoms with Gasteiger partial charge < -0.3 is 10.6 Å². The van der Waals surface area contributed by atoms with Crippen LogP contribution in [0.25, 0.3) is 10.8 Å². The molecule has 0 aliphatic carbocycles. The van der Waals surface area contributed by atoms with E-state index in [-0.39, 0.29) is 6.04 Å². The van der Waals surface area contributed by atoms with E-state index < -0.39 is 0 Å². The molecule has 2 aromatic rings. The topological polar surface area (TPSA) is 83.8 Å². The molecule has 118 valence electrons. The van der Waals surface area contributed by atoms with Crippen LogP contribution in [0.5, 0.6) is 0 Å². The molecule has 6 heteroatoms. The number of amidine groups is 1. The predicted molar refractivity (Wildman–Crippen MR) is 91.0 cm³/mol. The van der Waals surface area contributed by atoms with Crippen LogP contribution in [0.15, 0.2) is 41.6 Å². The molecule has 1 heterocycles. The molecule has 1 aromatic heterocycles. The maximum Gasteiger partial charge on any atom is 0.118 e. The molecule has 1 atom stereocenters. The van der Waals surface area contributed by atoms with Crippen molar-refractivity contribution in [1.29, 1.82) is 0 Å². The third kappa shape index (κ3) is 3.93. The highest BCUT2D eigenvalue weighted by Crippen LogP contribution is 2.27. The summed E-state index contributed by atoms with van der Waals surface area (Å²) in [5.74, 6) is 6.56. The van der Waals surface area contributed by atoms with Gasteiger partial charge in [-0.15, -0.1) is 5.10 Å². The third-order valence-electron chi connectivity index (χ3n) is 3.46. The number of hydrazine groups is 1. The molecule has 0 amide bonds. The Bertz CT molecular complexity index is 643. The molecule has 1 unspecified atom stereocenters. The van der Waals surface area contributed by atoms with E-state index >= 15 is 0 Å². The van der Waals surface area contributed by atoms with Gasteiger partial charge in [-0.1, -0.05) is 24.3 Å². The largest absolute Gasteiger partial charge is 0.386 e. The lowest BCUT2D eigenvalue weighted by Crippen LogP contribution is -2.35. The van der Waals surface area contributed by atoms with E-state index in [1.807, 2.05) is 38.5 Å². The summed E-state index contributed by atoms with van der Waals surface area (Å²) in [5.41, 5.74) is 6.60. The van der Waals surface area contributed by atoms with Gasteiger partial charge in [-0.2, -0.15) is 0 Å². The number of nitrogens with two attached hydrogens (primary N) is 2. The summed E-state index contributed by atoms with van der Waals surface area (Å²) in [6, 6.07) is 10.0. The predicted octanol–water partition coefficient (Wildman–Crippen LogP) is 1.70. The standard InChI is InChI=1S/C16H24N6/c1-12(17)20-22(18)15(9-11-21(2)3)16-14-7-5-4-6-13(14)8-10-19-16/h4-8,10,15H,9,11,18H2,1-3H3,(H2,17,20). The van der Waals surface area contributed by atoms with E-state index in [0.717, 1.165) is 29.4 Å². The molecule has 0 aliphatic heterocycles. The van der Waals surface area contributed by atoms with Crippen molar-refractivity contribution < 1.29 is 0 Å². The summed E-state index contributed by atoms with van der Waals surface area (Å²) in [6.07, 6.45) is 2.62. The molecule has 0 spiro atoms. The van der Waals surface area contributed by atoms with Crippen molar-refractivity contribution in [2.75, 3.05) is 20.6 Å². The first-order valence-corrected chi connectivity index (χ1v) is 7.32. The lowest BCUT2D eigenvalue weighted by atomic mass is 10.0. The van der Waals surface area contributed by atoms with Gasteiger partial charge in [0.2, 0.25) is 0 Å². The number of fused-ring (bicyclic) bond motifs is 1. The minimum atomic E-state index is -0.132. The average molecular weight is 300 g/mol. The van der Waals surface area contributed by atoms with E-state index in [2.05, 4.69) is 27.1 Å². The van der Waals surface area contributed by atoms with Crippen LogP contribution in [-0.2, 0) is 0 Å². The first-order valence-electron chi connectivity index (χ1n) is 7.32. The van der Waals surface area contributed by atoms with Crippen molar-refractivity contribution in [3.05, 3.63) is 42.2 Å². The first-order chi connectivity index (χ1) is 10.5. The molecule has 0 radical (unpaired) electrons. The van der Waals surface area contributed by atoms with E-state index in [1.165, 1.54) is 5.12 Å². The zero-order chi connectivity index (χ0) is 16.1. The molecule has 0 bridgehead atoms. The van der Waals surface area contributed by atoms with Gasteiger partial charge in [-0.25, -0.2) is 11.0 Å². The Hall–Kier alpha value is -2.18. The molecule has 0 aliphatic rings. The number of aromatic nitrogens is 1. The Morgan fingerprint density at radius 3 is 2.68 bits per heavy atom. The third-order valence-corrected chi connectivity index (χ3v) is 3.46. The Kier molecular flexibility index (Phi) is 5.30. The molecule has 6 nitrogen and oxygen atoms in total. The first kappa shape index (κ1) is 16.2. The van der Waals surface area contributed by atoms with Gasteiger partial charge in [0.15, 0.2) is 0 Å². The lowest BCUT2D eigenvalue weighted by molar-refractivity contribution is 0.184. The van der Waals surface area contributed by atoms with Crippen molar-refractivity contribution >= 4 is 16.6 Å². The highest BCUT2D eigenvalue weighted by Gasteiger charge is 2.21. The second-order valence-electron chi connectivity index (χ2n) is 5.65. The Balaban J connectivity index is 2.44. The van der Waals surface area contributed by atoms with Crippen molar-refractivity contribution in [2.24, 2.45) is 16.7 Å². The summed E-state index contributed by atoms with van der Waals surface area (Å²) in [5, 5.41) is 7.84. The van der Waals surface area contributed by atoms with Crippen LogP contribution in [0.4, 0.5) is 0 Å². The lowest BCUT2D eigenvalue weighted by Gasteiger charge is -2.26. The van der Waals surface area contributed by atoms with Crippen molar-refractivity contribution in [2.45, 2.75) is 19.4 Å². The van der Waals surface area contributed by atoms with Gasteiger partial charge in [-0.3, -0.25) is 4.98 Å². The quantitative estimate of drug-likeness (QED) is 0.367. The van der Waals surface area contributed by atoms with Gasteiger partial charge in [0, 0.05) is 11.6 Å². The van der Waals surface area contributed by atoms with Crippen LogP contribution in [0.2, 0.25) is 0 Å². The molecule has 1 aromatic carbocycles. The molecule has 0 fully saturated rings. The zero-order valence-corrected chi connectivity index (χ0v) is 13.4. The van der Waals surface area contributed by atoms with Gasteiger partial charge in [0.05, 0.1) is 5.69 Å². The fourth-order valence-electron chi connectivity index (χ4n) is 2.44. The number of benzene rings is 1. The number of hydrazone groups is 1.